The van der Waals surface area contributed by atoms with Crippen molar-refractivity contribution in [1.29, 1.82) is 0 Å². The van der Waals surface area contributed by atoms with E-state index in [0.29, 0.717) is 0 Å². The first-order valence-corrected chi connectivity index (χ1v) is 5.91. The second-order valence-electron chi connectivity index (χ2n) is 4.62. The molecule has 0 aliphatic carbocycles. The van der Waals surface area contributed by atoms with E-state index in [2.05, 4.69) is 5.32 Å². The van der Waals surface area contributed by atoms with E-state index in [1.807, 2.05) is 0 Å². The third-order valence-electron chi connectivity index (χ3n) is 2.66. The highest BCUT2D eigenvalue weighted by atomic mass is 16.7. The Morgan fingerprint density at radius 3 is 2.44 bits per heavy atom. The molecule has 1 amide bonds. The van der Waals surface area contributed by atoms with E-state index in [9.17, 15) is 15.0 Å². The average molecular weight is 263 g/mol. The minimum Gasteiger partial charge on any atom is -0.394 e. The number of aliphatic hydroxyl groups excluding tert-OH is 3. The van der Waals surface area contributed by atoms with Gasteiger partial charge in [-0.1, -0.05) is 0 Å². The first kappa shape index (κ1) is 15.3. The Balaban J connectivity index is 2.83. The van der Waals surface area contributed by atoms with Crippen molar-refractivity contribution in [2.24, 2.45) is 0 Å². The third kappa shape index (κ3) is 3.63. The van der Waals surface area contributed by atoms with Crippen LogP contribution in [0.15, 0.2) is 0 Å². The summed E-state index contributed by atoms with van der Waals surface area (Å²) in [5.41, 5.74) is 0. The molecule has 0 unspecified atom stereocenters. The fraction of sp³-hybridized carbons (Fsp3) is 0.909. The van der Waals surface area contributed by atoms with E-state index in [0.717, 1.165) is 0 Å². The summed E-state index contributed by atoms with van der Waals surface area (Å²) in [5.74, 6) is -0.366. The first-order valence-electron chi connectivity index (χ1n) is 5.91. The van der Waals surface area contributed by atoms with Crippen LogP contribution in [-0.2, 0) is 14.3 Å². The predicted octanol–water partition coefficient (Wildman–Crippen LogP) is -1.64. The number of carbonyl (C=O) groups is 1. The number of aliphatic hydroxyl groups is 3. The lowest BCUT2D eigenvalue weighted by Crippen LogP contribution is -2.64. The van der Waals surface area contributed by atoms with Crippen LogP contribution in [0.4, 0.5) is 0 Å². The Labute approximate surface area is 106 Å². The van der Waals surface area contributed by atoms with Crippen molar-refractivity contribution < 1.29 is 29.6 Å². The number of nitrogens with one attached hydrogen (secondary N) is 1. The zero-order valence-corrected chi connectivity index (χ0v) is 10.7. The van der Waals surface area contributed by atoms with Gasteiger partial charge in [0.1, 0.15) is 24.4 Å². The standard InChI is InChI=1S/C11H21NO6/c1-5(2)17-11-8(12-6(3)14)10(16)9(15)7(4-13)18-11/h5,7-11,13,15-16H,4H2,1-3H3,(H,12,14)/t7-,8-,9+,10-,11+/m0/s1. The monoisotopic (exact) mass is 263 g/mol. The van der Waals surface area contributed by atoms with E-state index < -0.39 is 37.3 Å². The summed E-state index contributed by atoms with van der Waals surface area (Å²) in [6.45, 7) is 4.41. The number of rotatable bonds is 4. The van der Waals surface area contributed by atoms with Crippen molar-refractivity contribution in [2.75, 3.05) is 6.61 Å². The second kappa shape index (κ2) is 6.44. The van der Waals surface area contributed by atoms with Gasteiger partial charge in [-0.2, -0.15) is 0 Å². The molecule has 7 heteroatoms. The van der Waals surface area contributed by atoms with Gasteiger partial charge in [0.05, 0.1) is 12.7 Å². The molecule has 1 aliphatic rings. The van der Waals surface area contributed by atoms with Gasteiger partial charge in [0, 0.05) is 6.92 Å². The summed E-state index contributed by atoms with van der Waals surface area (Å²) in [6, 6.07) is -0.873. The van der Waals surface area contributed by atoms with Crippen LogP contribution in [-0.4, -0.2) is 64.6 Å². The summed E-state index contributed by atoms with van der Waals surface area (Å²) in [7, 11) is 0. The molecular weight excluding hydrogens is 242 g/mol. The van der Waals surface area contributed by atoms with Crippen molar-refractivity contribution in [3.63, 3.8) is 0 Å². The molecule has 0 radical (unpaired) electrons. The molecule has 0 aromatic heterocycles. The van der Waals surface area contributed by atoms with Crippen molar-refractivity contribution in [3.8, 4) is 0 Å². The van der Waals surface area contributed by atoms with Crippen LogP contribution < -0.4 is 5.32 Å². The molecule has 0 saturated carbocycles. The van der Waals surface area contributed by atoms with Crippen molar-refractivity contribution in [3.05, 3.63) is 0 Å². The quantitative estimate of drug-likeness (QED) is 0.484. The number of carbonyl (C=O) groups excluding carboxylic acids is 1. The van der Waals surface area contributed by atoms with Crippen LogP contribution in [0.3, 0.4) is 0 Å². The van der Waals surface area contributed by atoms with Crippen LogP contribution in [0.1, 0.15) is 20.8 Å². The number of hydrogen-bond donors (Lipinski definition) is 4. The summed E-state index contributed by atoms with van der Waals surface area (Å²) in [6.07, 6.45) is -4.58. The fourth-order valence-corrected chi connectivity index (χ4v) is 1.85. The molecule has 0 spiro atoms. The van der Waals surface area contributed by atoms with Crippen LogP contribution in [0.2, 0.25) is 0 Å². The molecule has 0 aromatic rings. The zero-order valence-electron chi connectivity index (χ0n) is 10.7. The Morgan fingerprint density at radius 2 is 2.00 bits per heavy atom. The Morgan fingerprint density at radius 1 is 1.39 bits per heavy atom. The van der Waals surface area contributed by atoms with Crippen LogP contribution >= 0.6 is 0 Å². The minimum absolute atomic E-state index is 0.187. The predicted molar refractivity (Wildman–Crippen MR) is 61.6 cm³/mol. The van der Waals surface area contributed by atoms with Crippen molar-refractivity contribution in [1.82, 2.24) is 5.32 Å². The van der Waals surface area contributed by atoms with E-state index in [-0.39, 0.29) is 12.0 Å². The number of ether oxygens (including phenoxy) is 2. The normalized spacial score (nSPS) is 36.7. The lowest BCUT2D eigenvalue weighted by atomic mass is 9.97. The Hall–Kier alpha value is -0.730. The topological polar surface area (TPSA) is 108 Å². The van der Waals surface area contributed by atoms with Crippen LogP contribution in [0.5, 0.6) is 0 Å². The Kier molecular flexibility index (Phi) is 5.48. The van der Waals surface area contributed by atoms with Gasteiger partial charge in [0.15, 0.2) is 6.29 Å². The zero-order chi connectivity index (χ0) is 13.9. The summed E-state index contributed by atoms with van der Waals surface area (Å²) < 4.78 is 10.8. The molecule has 1 heterocycles. The van der Waals surface area contributed by atoms with Gasteiger partial charge in [0.2, 0.25) is 5.91 Å². The fourth-order valence-electron chi connectivity index (χ4n) is 1.85. The number of amides is 1. The maximum Gasteiger partial charge on any atom is 0.217 e. The molecule has 1 rings (SSSR count). The Bertz CT molecular complexity index is 285. The van der Waals surface area contributed by atoms with Crippen LogP contribution in [0.25, 0.3) is 0 Å². The highest BCUT2D eigenvalue weighted by Gasteiger charge is 2.45. The highest BCUT2D eigenvalue weighted by Crippen LogP contribution is 2.22. The molecule has 106 valence electrons. The molecule has 4 N–H and O–H groups in total. The van der Waals surface area contributed by atoms with E-state index in [1.165, 1.54) is 6.92 Å². The van der Waals surface area contributed by atoms with Gasteiger partial charge in [-0.3, -0.25) is 4.79 Å². The molecule has 0 aromatic carbocycles. The largest absolute Gasteiger partial charge is 0.394 e. The first-order chi connectivity index (χ1) is 8.36. The van der Waals surface area contributed by atoms with Crippen molar-refractivity contribution in [2.45, 2.75) is 57.5 Å². The molecular formula is C11H21NO6. The van der Waals surface area contributed by atoms with E-state index in [1.54, 1.807) is 13.8 Å². The third-order valence-corrected chi connectivity index (χ3v) is 2.66. The molecule has 1 fully saturated rings. The van der Waals surface area contributed by atoms with E-state index >= 15 is 0 Å². The van der Waals surface area contributed by atoms with Crippen LogP contribution in [0, 0.1) is 0 Å². The molecule has 1 aliphatic heterocycles. The summed E-state index contributed by atoms with van der Waals surface area (Å²) in [4.78, 5) is 11.1. The van der Waals surface area contributed by atoms with Gasteiger partial charge in [-0.25, -0.2) is 0 Å². The van der Waals surface area contributed by atoms with Gasteiger partial charge < -0.3 is 30.1 Å². The van der Waals surface area contributed by atoms with Gasteiger partial charge in [0.25, 0.3) is 0 Å². The summed E-state index contributed by atoms with van der Waals surface area (Å²) >= 11 is 0. The second-order valence-corrected chi connectivity index (χ2v) is 4.62. The highest BCUT2D eigenvalue weighted by molar-refractivity contribution is 5.73. The lowest BCUT2D eigenvalue weighted by Gasteiger charge is -2.42. The molecule has 0 bridgehead atoms. The van der Waals surface area contributed by atoms with Crippen molar-refractivity contribution >= 4 is 5.91 Å². The number of hydrogen-bond acceptors (Lipinski definition) is 6. The molecule has 7 nitrogen and oxygen atoms in total. The smallest absolute Gasteiger partial charge is 0.217 e. The molecule has 18 heavy (non-hydrogen) atoms. The molecule has 5 atom stereocenters. The maximum absolute atomic E-state index is 11.1. The van der Waals surface area contributed by atoms with Gasteiger partial charge >= 0.3 is 0 Å². The molecule has 1 saturated heterocycles. The summed E-state index contributed by atoms with van der Waals surface area (Å²) in [5, 5.41) is 31.2. The average Bonchev–Trinajstić information content (AvgIpc) is 2.27. The minimum atomic E-state index is -1.28. The van der Waals surface area contributed by atoms with E-state index in [4.69, 9.17) is 14.6 Å². The SMILES string of the molecule is CC(=O)N[C@@H]1[C@H](OC(C)C)O[C@@H](CO)[C@@H](O)[C@H]1O. The van der Waals surface area contributed by atoms with Gasteiger partial charge in [-0.05, 0) is 13.8 Å². The maximum atomic E-state index is 11.1. The van der Waals surface area contributed by atoms with Gasteiger partial charge in [-0.15, -0.1) is 0 Å². The lowest BCUT2D eigenvalue weighted by molar-refractivity contribution is -0.278.